The van der Waals surface area contributed by atoms with Crippen molar-refractivity contribution in [2.45, 2.75) is 0 Å². The molecule has 0 spiro atoms. The SMILES string of the molecule is O=C(CF)c1ccc(Cl)cc1Cl. The molecule has 1 rings (SSSR count). The fourth-order valence-electron chi connectivity index (χ4n) is 0.788. The van der Waals surface area contributed by atoms with Crippen molar-refractivity contribution in [2.75, 3.05) is 6.67 Å². The van der Waals surface area contributed by atoms with Crippen LogP contribution < -0.4 is 0 Å². The third-order valence-electron chi connectivity index (χ3n) is 1.35. The quantitative estimate of drug-likeness (QED) is 0.680. The number of rotatable bonds is 2. The molecule has 0 aromatic heterocycles. The highest BCUT2D eigenvalue weighted by atomic mass is 35.5. The second-order valence-corrected chi connectivity index (χ2v) is 3.02. The Morgan fingerprint density at radius 3 is 2.58 bits per heavy atom. The van der Waals surface area contributed by atoms with Crippen molar-refractivity contribution in [3.05, 3.63) is 33.8 Å². The van der Waals surface area contributed by atoms with Gasteiger partial charge in [-0.2, -0.15) is 0 Å². The van der Waals surface area contributed by atoms with Gasteiger partial charge in [0.05, 0.1) is 5.02 Å². The fraction of sp³-hybridized carbons (Fsp3) is 0.125. The number of ketones is 1. The van der Waals surface area contributed by atoms with Crippen LogP contribution in [0.5, 0.6) is 0 Å². The Labute approximate surface area is 79.1 Å². The van der Waals surface area contributed by atoms with Gasteiger partial charge in [-0.15, -0.1) is 0 Å². The smallest absolute Gasteiger partial charge is 0.195 e. The summed E-state index contributed by atoms with van der Waals surface area (Å²) in [6.45, 7) is -1.04. The van der Waals surface area contributed by atoms with Gasteiger partial charge in [0, 0.05) is 10.6 Å². The molecule has 4 heteroatoms. The van der Waals surface area contributed by atoms with E-state index in [0.717, 1.165) is 0 Å². The van der Waals surface area contributed by atoms with Crippen LogP contribution in [0.15, 0.2) is 18.2 Å². The van der Waals surface area contributed by atoms with Crippen LogP contribution in [0.3, 0.4) is 0 Å². The molecule has 0 bridgehead atoms. The first-order valence-corrected chi connectivity index (χ1v) is 3.95. The van der Waals surface area contributed by atoms with E-state index in [1.54, 1.807) is 0 Å². The van der Waals surface area contributed by atoms with Crippen molar-refractivity contribution in [3.8, 4) is 0 Å². The van der Waals surface area contributed by atoms with Gasteiger partial charge in [0.25, 0.3) is 0 Å². The first-order valence-electron chi connectivity index (χ1n) is 3.19. The fourth-order valence-corrected chi connectivity index (χ4v) is 1.30. The lowest BCUT2D eigenvalue weighted by molar-refractivity contribution is 0.0959. The first-order chi connectivity index (χ1) is 5.65. The average molecular weight is 207 g/mol. The Hall–Kier alpha value is -0.600. The van der Waals surface area contributed by atoms with E-state index in [1.807, 2.05) is 0 Å². The van der Waals surface area contributed by atoms with Crippen LogP contribution in [0.1, 0.15) is 10.4 Å². The number of halogens is 3. The molecule has 0 heterocycles. The van der Waals surface area contributed by atoms with Crippen LogP contribution >= 0.6 is 23.2 Å². The van der Waals surface area contributed by atoms with Gasteiger partial charge in [0.1, 0.15) is 0 Å². The van der Waals surface area contributed by atoms with Crippen molar-refractivity contribution < 1.29 is 9.18 Å². The van der Waals surface area contributed by atoms with E-state index in [4.69, 9.17) is 23.2 Å². The molecule has 1 aromatic carbocycles. The summed E-state index contributed by atoms with van der Waals surface area (Å²) in [5, 5.41) is 0.612. The monoisotopic (exact) mass is 206 g/mol. The lowest BCUT2D eigenvalue weighted by Gasteiger charge is -1.99. The number of carbonyl (C=O) groups is 1. The molecule has 0 saturated heterocycles. The van der Waals surface area contributed by atoms with Crippen molar-refractivity contribution in [2.24, 2.45) is 0 Å². The lowest BCUT2D eigenvalue weighted by atomic mass is 10.1. The van der Waals surface area contributed by atoms with Crippen molar-refractivity contribution >= 4 is 29.0 Å². The van der Waals surface area contributed by atoms with Gasteiger partial charge in [0.2, 0.25) is 0 Å². The minimum Gasteiger partial charge on any atom is -0.291 e. The summed E-state index contributed by atoms with van der Waals surface area (Å²) in [5.74, 6) is -0.628. The third-order valence-corrected chi connectivity index (χ3v) is 1.90. The van der Waals surface area contributed by atoms with Gasteiger partial charge >= 0.3 is 0 Å². The molecule has 0 fully saturated rings. The molecule has 1 nitrogen and oxygen atoms in total. The van der Waals surface area contributed by atoms with Crippen molar-refractivity contribution in [1.82, 2.24) is 0 Å². The lowest BCUT2D eigenvalue weighted by Crippen LogP contribution is -2.01. The zero-order valence-electron chi connectivity index (χ0n) is 5.98. The highest BCUT2D eigenvalue weighted by Gasteiger charge is 2.09. The van der Waals surface area contributed by atoms with Gasteiger partial charge in [-0.3, -0.25) is 4.79 Å². The van der Waals surface area contributed by atoms with E-state index in [1.165, 1.54) is 18.2 Å². The van der Waals surface area contributed by atoms with Crippen molar-refractivity contribution in [1.29, 1.82) is 0 Å². The van der Waals surface area contributed by atoms with Crippen LogP contribution in [-0.4, -0.2) is 12.5 Å². The van der Waals surface area contributed by atoms with Crippen molar-refractivity contribution in [3.63, 3.8) is 0 Å². The number of carbonyl (C=O) groups excluding carboxylic acids is 1. The Morgan fingerprint density at radius 2 is 2.08 bits per heavy atom. The highest BCUT2D eigenvalue weighted by Crippen LogP contribution is 2.21. The zero-order chi connectivity index (χ0) is 9.14. The van der Waals surface area contributed by atoms with Gasteiger partial charge in [-0.1, -0.05) is 23.2 Å². The number of Topliss-reactive ketones (excluding diaryl/α,β-unsaturated/α-hetero) is 1. The molecule has 0 saturated carbocycles. The van der Waals surface area contributed by atoms with E-state index in [2.05, 4.69) is 0 Å². The molecule has 0 aliphatic heterocycles. The molecule has 12 heavy (non-hydrogen) atoms. The Morgan fingerprint density at radius 1 is 1.42 bits per heavy atom. The molecular formula is C8H5Cl2FO. The maximum absolute atomic E-state index is 11.9. The predicted octanol–water partition coefficient (Wildman–Crippen LogP) is 3.15. The molecular weight excluding hydrogens is 202 g/mol. The van der Waals surface area contributed by atoms with Gasteiger partial charge in [0.15, 0.2) is 12.5 Å². The molecule has 0 amide bonds. The number of hydrogen-bond acceptors (Lipinski definition) is 1. The Bertz CT molecular complexity index is 312. The molecule has 0 aliphatic carbocycles. The van der Waals surface area contributed by atoms with Gasteiger partial charge < -0.3 is 0 Å². The summed E-state index contributed by atoms with van der Waals surface area (Å²) in [6, 6.07) is 4.31. The molecule has 0 radical (unpaired) electrons. The summed E-state index contributed by atoms with van der Waals surface area (Å²) in [4.78, 5) is 10.8. The molecule has 0 atom stereocenters. The molecule has 0 unspecified atom stereocenters. The standard InChI is InChI=1S/C8H5Cl2FO/c9-5-1-2-6(7(10)3-5)8(12)4-11/h1-3H,4H2. The molecule has 0 aliphatic rings. The van der Waals surface area contributed by atoms with E-state index >= 15 is 0 Å². The summed E-state index contributed by atoms with van der Waals surface area (Å²) < 4.78 is 11.9. The van der Waals surface area contributed by atoms with E-state index in [0.29, 0.717) is 5.02 Å². The van der Waals surface area contributed by atoms with Crippen LogP contribution in [-0.2, 0) is 0 Å². The van der Waals surface area contributed by atoms with Crippen LogP contribution in [0.4, 0.5) is 4.39 Å². The van der Waals surface area contributed by atoms with Crippen LogP contribution in [0.2, 0.25) is 10.0 Å². The molecule has 1 aromatic rings. The first kappa shape index (κ1) is 9.49. The van der Waals surface area contributed by atoms with E-state index in [9.17, 15) is 9.18 Å². The topological polar surface area (TPSA) is 17.1 Å². The summed E-state index contributed by atoms with van der Waals surface area (Å²) in [7, 11) is 0. The van der Waals surface area contributed by atoms with Gasteiger partial charge in [-0.25, -0.2) is 4.39 Å². The average Bonchev–Trinajstić information content (AvgIpc) is 2.03. The minimum atomic E-state index is -1.04. The highest BCUT2D eigenvalue weighted by molar-refractivity contribution is 6.36. The summed E-state index contributed by atoms with van der Waals surface area (Å²) in [6.07, 6.45) is 0. The zero-order valence-corrected chi connectivity index (χ0v) is 7.49. The number of hydrogen-bond donors (Lipinski definition) is 0. The Balaban J connectivity index is 3.09. The maximum atomic E-state index is 11.9. The second kappa shape index (κ2) is 3.87. The Kier molecular flexibility index (Phi) is 3.06. The maximum Gasteiger partial charge on any atom is 0.195 e. The predicted molar refractivity (Wildman–Crippen MR) is 46.8 cm³/mol. The molecule has 64 valence electrons. The van der Waals surface area contributed by atoms with Crippen LogP contribution in [0, 0.1) is 0 Å². The third kappa shape index (κ3) is 1.96. The molecule has 0 N–H and O–H groups in total. The normalized spacial score (nSPS) is 9.92. The minimum absolute atomic E-state index is 0.170. The van der Waals surface area contributed by atoms with E-state index in [-0.39, 0.29) is 10.6 Å². The van der Waals surface area contributed by atoms with Gasteiger partial charge in [-0.05, 0) is 18.2 Å². The number of alkyl halides is 1. The number of benzene rings is 1. The van der Waals surface area contributed by atoms with E-state index < -0.39 is 12.5 Å². The van der Waals surface area contributed by atoms with Crippen LogP contribution in [0.25, 0.3) is 0 Å². The second-order valence-electron chi connectivity index (χ2n) is 2.18. The summed E-state index contributed by atoms with van der Waals surface area (Å²) in [5.41, 5.74) is 0.170. The summed E-state index contributed by atoms with van der Waals surface area (Å²) >= 11 is 11.2. The largest absolute Gasteiger partial charge is 0.291 e.